The maximum absolute atomic E-state index is 5.64. The molecule has 0 saturated heterocycles. The minimum atomic E-state index is 0.310. The van der Waals surface area contributed by atoms with Gasteiger partial charge in [-0.2, -0.15) is 0 Å². The number of hydrogen-bond acceptors (Lipinski definition) is 4. The first kappa shape index (κ1) is 11.9. The molecule has 0 aliphatic heterocycles. The van der Waals surface area contributed by atoms with Crippen molar-refractivity contribution in [3.63, 3.8) is 0 Å². The van der Waals surface area contributed by atoms with Crippen LogP contribution in [0.1, 0.15) is 12.6 Å². The van der Waals surface area contributed by atoms with Gasteiger partial charge in [0.05, 0.1) is 18.0 Å². The van der Waals surface area contributed by atoms with E-state index in [-0.39, 0.29) is 0 Å². The molecule has 84 valence electrons. The number of aromatic nitrogens is 1. The molecule has 0 spiro atoms. The Morgan fingerprint density at radius 1 is 1.60 bits per heavy atom. The van der Waals surface area contributed by atoms with Gasteiger partial charge in [-0.1, -0.05) is 0 Å². The van der Waals surface area contributed by atoms with Gasteiger partial charge in [-0.25, -0.2) is 0 Å². The normalized spacial score (nSPS) is 12.5. The molecule has 0 saturated carbocycles. The van der Waals surface area contributed by atoms with Crippen LogP contribution in [0, 0.1) is 0 Å². The van der Waals surface area contributed by atoms with Crippen LogP contribution in [0.25, 0.3) is 0 Å². The molecule has 0 radical (unpaired) electrons. The van der Waals surface area contributed by atoms with Gasteiger partial charge in [0.1, 0.15) is 0 Å². The standard InChI is InChI=1S/C11H19N3O/c1-9(8-15-3)14(2)11-5-4-6-13-10(11)7-12/h4-6,9H,7-8,12H2,1-3H3. The van der Waals surface area contributed by atoms with E-state index in [2.05, 4.69) is 16.8 Å². The van der Waals surface area contributed by atoms with Crippen molar-refractivity contribution in [3.8, 4) is 0 Å². The lowest BCUT2D eigenvalue weighted by Crippen LogP contribution is -2.33. The topological polar surface area (TPSA) is 51.4 Å². The summed E-state index contributed by atoms with van der Waals surface area (Å²) < 4.78 is 5.13. The first-order valence-corrected chi connectivity index (χ1v) is 5.06. The van der Waals surface area contributed by atoms with Gasteiger partial charge in [-0.05, 0) is 19.1 Å². The molecule has 0 bridgehead atoms. The van der Waals surface area contributed by atoms with E-state index in [1.807, 2.05) is 19.2 Å². The number of likely N-dealkylation sites (N-methyl/N-ethyl adjacent to an activating group) is 1. The highest BCUT2D eigenvalue weighted by Gasteiger charge is 2.12. The van der Waals surface area contributed by atoms with Crippen molar-refractivity contribution in [3.05, 3.63) is 24.0 Å². The van der Waals surface area contributed by atoms with Crippen molar-refractivity contribution in [2.45, 2.75) is 19.5 Å². The lowest BCUT2D eigenvalue weighted by atomic mass is 10.2. The molecule has 1 atom stereocenters. The van der Waals surface area contributed by atoms with Gasteiger partial charge >= 0.3 is 0 Å². The summed E-state index contributed by atoms with van der Waals surface area (Å²) in [5.41, 5.74) is 7.64. The zero-order valence-corrected chi connectivity index (χ0v) is 9.60. The Bertz CT molecular complexity index is 304. The van der Waals surface area contributed by atoms with E-state index in [1.54, 1.807) is 13.3 Å². The Kier molecular flexibility index (Phi) is 4.52. The summed E-state index contributed by atoms with van der Waals surface area (Å²) in [6, 6.07) is 4.26. The molecule has 1 aromatic heterocycles. The van der Waals surface area contributed by atoms with Crippen LogP contribution in [0.2, 0.25) is 0 Å². The Balaban J connectivity index is 2.84. The molecule has 1 unspecified atom stereocenters. The number of hydrogen-bond donors (Lipinski definition) is 1. The highest BCUT2D eigenvalue weighted by atomic mass is 16.5. The third-order valence-electron chi connectivity index (χ3n) is 2.51. The Hall–Kier alpha value is -1.13. The third-order valence-corrected chi connectivity index (χ3v) is 2.51. The number of rotatable bonds is 5. The predicted octanol–water partition coefficient (Wildman–Crippen LogP) is 1.01. The fraction of sp³-hybridized carbons (Fsp3) is 0.545. The van der Waals surface area contributed by atoms with Crippen molar-refractivity contribution < 1.29 is 4.74 Å². The number of anilines is 1. The van der Waals surface area contributed by atoms with E-state index >= 15 is 0 Å². The molecule has 0 amide bonds. The van der Waals surface area contributed by atoms with E-state index in [0.29, 0.717) is 19.2 Å². The maximum Gasteiger partial charge on any atom is 0.0772 e. The van der Waals surface area contributed by atoms with Gasteiger partial charge in [-0.15, -0.1) is 0 Å². The summed E-state index contributed by atoms with van der Waals surface area (Å²) in [4.78, 5) is 6.39. The second kappa shape index (κ2) is 5.68. The number of nitrogens with zero attached hydrogens (tertiary/aromatic N) is 2. The largest absolute Gasteiger partial charge is 0.383 e. The number of methoxy groups -OCH3 is 1. The molecular formula is C11H19N3O. The summed E-state index contributed by atoms with van der Waals surface area (Å²) in [5, 5.41) is 0. The van der Waals surface area contributed by atoms with Crippen LogP contribution in [-0.4, -0.2) is 31.8 Å². The fourth-order valence-electron chi connectivity index (χ4n) is 1.50. The lowest BCUT2D eigenvalue weighted by Gasteiger charge is -2.27. The van der Waals surface area contributed by atoms with Crippen LogP contribution in [0.5, 0.6) is 0 Å². The number of pyridine rings is 1. The van der Waals surface area contributed by atoms with Crippen molar-refractivity contribution >= 4 is 5.69 Å². The second-order valence-corrected chi connectivity index (χ2v) is 3.59. The zero-order valence-electron chi connectivity index (χ0n) is 9.60. The number of nitrogens with two attached hydrogens (primary N) is 1. The zero-order chi connectivity index (χ0) is 11.3. The van der Waals surface area contributed by atoms with Gasteiger partial charge in [0.2, 0.25) is 0 Å². The van der Waals surface area contributed by atoms with E-state index in [4.69, 9.17) is 10.5 Å². The first-order chi connectivity index (χ1) is 7.20. The Morgan fingerprint density at radius 3 is 2.93 bits per heavy atom. The summed E-state index contributed by atoms with van der Waals surface area (Å²) in [5.74, 6) is 0. The molecule has 1 heterocycles. The van der Waals surface area contributed by atoms with Crippen LogP contribution in [0.3, 0.4) is 0 Å². The molecule has 4 heteroatoms. The van der Waals surface area contributed by atoms with Crippen molar-refractivity contribution in [2.75, 3.05) is 25.7 Å². The van der Waals surface area contributed by atoms with Crippen LogP contribution in [-0.2, 0) is 11.3 Å². The Labute approximate surface area is 91.1 Å². The molecule has 0 aliphatic carbocycles. The minimum Gasteiger partial charge on any atom is -0.383 e. The SMILES string of the molecule is COCC(C)N(C)c1cccnc1CN. The Morgan fingerprint density at radius 2 is 2.33 bits per heavy atom. The molecular weight excluding hydrogens is 190 g/mol. The molecule has 15 heavy (non-hydrogen) atoms. The van der Waals surface area contributed by atoms with Crippen LogP contribution in [0.4, 0.5) is 5.69 Å². The van der Waals surface area contributed by atoms with Gasteiger partial charge < -0.3 is 15.4 Å². The summed E-state index contributed by atoms with van der Waals surface area (Å²) in [6.45, 7) is 3.26. The fourth-order valence-corrected chi connectivity index (χ4v) is 1.50. The van der Waals surface area contributed by atoms with E-state index < -0.39 is 0 Å². The predicted molar refractivity (Wildman–Crippen MR) is 61.9 cm³/mol. The molecule has 0 fully saturated rings. The monoisotopic (exact) mass is 209 g/mol. The van der Waals surface area contributed by atoms with Gasteiger partial charge in [0.25, 0.3) is 0 Å². The maximum atomic E-state index is 5.64. The van der Waals surface area contributed by atoms with Gasteiger partial charge in [0, 0.05) is 32.9 Å². The molecule has 1 aromatic rings. The summed E-state index contributed by atoms with van der Waals surface area (Å²) in [7, 11) is 3.73. The van der Waals surface area contributed by atoms with Crippen molar-refractivity contribution in [1.29, 1.82) is 0 Å². The minimum absolute atomic E-state index is 0.310. The molecule has 2 N–H and O–H groups in total. The van der Waals surface area contributed by atoms with Crippen LogP contribution < -0.4 is 10.6 Å². The molecule has 1 rings (SSSR count). The third kappa shape index (κ3) is 2.91. The van der Waals surface area contributed by atoms with Crippen molar-refractivity contribution in [2.24, 2.45) is 5.73 Å². The number of ether oxygens (including phenoxy) is 1. The van der Waals surface area contributed by atoms with Gasteiger partial charge in [0.15, 0.2) is 0 Å². The summed E-state index contributed by atoms with van der Waals surface area (Å²) >= 11 is 0. The lowest BCUT2D eigenvalue weighted by molar-refractivity contribution is 0.183. The average Bonchev–Trinajstić information content (AvgIpc) is 2.28. The van der Waals surface area contributed by atoms with E-state index in [0.717, 1.165) is 11.4 Å². The van der Waals surface area contributed by atoms with Crippen LogP contribution >= 0.6 is 0 Å². The van der Waals surface area contributed by atoms with Crippen molar-refractivity contribution in [1.82, 2.24) is 4.98 Å². The second-order valence-electron chi connectivity index (χ2n) is 3.59. The highest BCUT2D eigenvalue weighted by molar-refractivity contribution is 5.50. The smallest absolute Gasteiger partial charge is 0.0772 e. The van der Waals surface area contributed by atoms with E-state index in [1.165, 1.54) is 0 Å². The van der Waals surface area contributed by atoms with E-state index in [9.17, 15) is 0 Å². The molecule has 4 nitrogen and oxygen atoms in total. The molecule has 0 aliphatic rings. The highest BCUT2D eigenvalue weighted by Crippen LogP contribution is 2.18. The quantitative estimate of drug-likeness (QED) is 0.786. The first-order valence-electron chi connectivity index (χ1n) is 5.06. The average molecular weight is 209 g/mol. The molecule has 0 aromatic carbocycles. The van der Waals surface area contributed by atoms with Crippen LogP contribution in [0.15, 0.2) is 18.3 Å². The summed E-state index contributed by atoms with van der Waals surface area (Å²) in [6.07, 6.45) is 1.76. The van der Waals surface area contributed by atoms with Gasteiger partial charge in [-0.3, -0.25) is 4.98 Å².